The van der Waals surface area contributed by atoms with Gasteiger partial charge in [-0.2, -0.15) is 0 Å². The number of hydrogen-bond acceptors (Lipinski definition) is 3. The normalized spacial score (nSPS) is 15.8. The first-order valence-corrected chi connectivity index (χ1v) is 6.48. The molecule has 0 bridgehead atoms. The molecule has 3 N–H and O–H groups in total. The molecule has 0 radical (unpaired) electrons. The van der Waals surface area contributed by atoms with E-state index < -0.39 is 0 Å². The zero-order valence-corrected chi connectivity index (χ0v) is 11.3. The van der Waals surface area contributed by atoms with E-state index in [9.17, 15) is 4.79 Å². The van der Waals surface area contributed by atoms with Crippen LogP contribution in [0.2, 0.25) is 0 Å². The van der Waals surface area contributed by atoms with Gasteiger partial charge in [0.2, 0.25) is 5.91 Å². The molecule has 1 aliphatic rings. The Hall–Kier alpha value is -1.71. The molecule has 1 aromatic rings. The highest BCUT2D eigenvalue weighted by molar-refractivity contribution is 5.95. The number of carbonyl (C=O) groups excluding carboxylic acids is 1. The standard InChI is InChI=1S/C14H21N3O/c1-4-9(2)17(3)13-7-10-5-6-14(18)16-12(10)8-11(13)15/h7-9H,4-6,15H2,1-3H3,(H,16,18). The van der Waals surface area contributed by atoms with E-state index in [1.165, 1.54) is 5.56 Å². The van der Waals surface area contributed by atoms with Crippen LogP contribution in [0.4, 0.5) is 17.1 Å². The van der Waals surface area contributed by atoms with Crippen molar-refractivity contribution in [3.05, 3.63) is 17.7 Å². The highest BCUT2D eigenvalue weighted by atomic mass is 16.1. The van der Waals surface area contributed by atoms with E-state index in [1.54, 1.807) is 0 Å². The number of nitrogens with two attached hydrogens (primary N) is 1. The molecule has 0 aromatic heterocycles. The molecule has 0 fully saturated rings. The topological polar surface area (TPSA) is 58.4 Å². The second-order valence-electron chi connectivity index (χ2n) is 4.98. The summed E-state index contributed by atoms with van der Waals surface area (Å²) in [6.45, 7) is 4.34. The third-order valence-corrected chi connectivity index (χ3v) is 3.78. The highest BCUT2D eigenvalue weighted by Crippen LogP contribution is 2.33. The van der Waals surface area contributed by atoms with Crippen molar-refractivity contribution in [1.29, 1.82) is 0 Å². The van der Waals surface area contributed by atoms with Gasteiger partial charge in [0.05, 0.1) is 11.4 Å². The lowest BCUT2D eigenvalue weighted by Crippen LogP contribution is -2.29. The molecule has 4 heteroatoms. The van der Waals surface area contributed by atoms with E-state index in [0.29, 0.717) is 12.5 Å². The molecule has 1 atom stereocenters. The molecule has 98 valence electrons. The van der Waals surface area contributed by atoms with Crippen LogP contribution in [-0.2, 0) is 11.2 Å². The number of nitrogens with one attached hydrogen (secondary N) is 1. The molecule has 1 amide bonds. The van der Waals surface area contributed by atoms with Gasteiger partial charge in [-0.1, -0.05) is 6.92 Å². The van der Waals surface area contributed by atoms with Crippen LogP contribution >= 0.6 is 0 Å². The smallest absolute Gasteiger partial charge is 0.224 e. The maximum atomic E-state index is 11.3. The van der Waals surface area contributed by atoms with Crippen molar-refractivity contribution < 1.29 is 4.79 Å². The molecule has 0 spiro atoms. The second kappa shape index (κ2) is 4.88. The third-order valence-electron chi connectivity index (χ3n) is 3.78. The van der Waals surface area contributed by atoms with Crippen LogP contribution in [0.5, 0.6) is 0 Å². The predicted molar refractivity (Wildman–Crippen MR) is 76.0 cm³/mol. The average Bonchev–Trinajstić information content (AvgIpc) is 2.36. The molecule has 1 heterocycles. The molecule has 18 heavy (non-hydrogen) atoms. The minimum atomic E-state index is 0.0740. The number of carbonyl (C=O) groups is 1. The number of nitrogens with zero attached hydrogens (tertiary/aromatic N) is 1. The molecular weight excluding hydrogens is 226 g/mol. The van der Waals surface area contributed by atoms with Crippen LogP contribution in [0.15, 0.2) is 12.1 Å². The summed E-state index contributed by atoms with van der Waals surface area (Å²) in [5.41, 5.74) is 9.91. The molecule has 2 rings (SSSR count). The first-order valence-electron chi connectivity index (χ1n) is 6.48. The van der Waals surface area contributed by atoms with Gasteiger partial charge in [0.1, 0.15) is 0 Å². The van der Waals surface area contributed by atoms with E-state index >= 15 is 0 Å². The van der Waals surface area contributed by atoms with Crippen LogP contribution in [0.3, 0.4) is 0 Å². The SMILES string of the molecule is CCC(C)N(C)c1cc2c(cc1N)NC(=O)CC2. The number of amides is 1. The maximum absolute atomic E-state index is 11.3. The van der Waals surface area contributed by atoms with Gasteiger partial charge in [0.15, 0.2) is 0 Å². The Morgan fingerprint density at radius 2 is 2.17 bits per heavy atom. The molecule has 0 saturated carbocycles. The van der Waals surface area contributed by atoms with Crippen molar-refractivity contribution in [3.63, 3.8) is 0 Å². The predicted octanol–water partition coefficient (Wildman–Crippen LogP) is 2.39. The largest absolute Gasteiger partial charge is 0.397 e. The summed E-state index contributed by atoms with van der Waals surface area (Å²) in [4.78, 5) is 13.5. The summed E-state index contributed by atoms with van der Waals surface area (Å²) in [7, 11) is 2.06. The van der Waals surface area contributed by atoms with Crippen molar-refractivity contribution in [2.75, 3.05) is 23.0 Å². The fourth-order valence-corrected chi connectivity index (χ4v) is 2.25. The van der Waals surface area contributed by atoms with Gasteiger partial charge in [-0.15, -0.1) is 0 Å². The van der Waals surface area contributed by atoms with E-state index in [2.05, 4.69) is 37.2 Å². The summed E-state index contributed by atoms with van der Waals surface area (Å²) in [6.07, 6.45) is 2.43. The average molecular weight is 247 g/mol. The number of benzene rings is 1. The Kier molecular flexibility index (Phi) is 3.45. The first kappa shape index (κ1) is 12.7. The Morgan fingerprint density at radius 1 is 1.44 bits per heavy atom. The lowest BCUT2D eigenvalue weighted by Gasteiger charge is -2.29. The monoisotopic (exact) mass is 247 g/mol. The van der Waals surface area contributed by atoms with Gasteiger partial charge in [-0.05, 0) is 37.5 Å². The zero-order valence-electron chi connectivity index (χ0n) is 11.3. The number of fused-ring (bicyclic) bond motifs is 1. The minimum absolute atomic E-state index is 0.0740. The van der Waals surface area contributed by atoms with E-state index in [4.69, 9.17) is 5.73 Å². The summed E-state index contributed by atoms with van der Waals surface area (Å²) in [6, 6.07) is 4.43. The lowest BCUT2D eigenvalue weighted by atomic mass is 10.0. The van der Waals surface area contributed by atoms with Crippen LogP contribution in [-0.4, -0.2) is 19.0 Å². The fraction of sp³-hybridized carbons (Fsp3) is 0.500. The lowest BCUT2D eigenvalue weighted by molar-refractivity contribution is -0.116. The molecule has 0 saturated heterocycles. The van der Waals surface area contributed by atoms with Crippen LogP contribution in [0, 0.1) is 0 Å². The molecule has 1 unspecified atom stereocenters. The molecule has 4 nitrogen and oxygen atoms in total. The molecular formula is C14H21N3O. The van der Waals surface area contributed by atoms with Crippen molar-refractivity contribution in [2.24, 2.45) is 0 Å². The Labute approximate surface area is 108 Å². The fourth-order valence-electron chi connectivity index (χ4n) is 2.25. The van der Waals surface area contributed by atoms with Gasteiger partial charge in [-0.25, -0.2) is 0 Å². The highest BCUT2D eigenvalue weighted by Gasteiger charge is 2.19. The Morgan fingerprint density at radius 3 is 2.83 bits per heavy atom. The van der Waals surface area contributed by atoms with Crippen LogP contribution < -0.4 is 16.0 Å². The van der Waals surface area contributed by atoms with Crippen molar-refractivity contribution in [3.8, 4) is 0 Å². The maximum Gasteiger partial charge on any atom is 0.224 e. The van der Waals surface area contributed by atoms with E-state index in [1.807, 2.05) is 6.07 Å². The molecule has 1 aromatic carbocycles. The van der Waals surface area contributed by atoms with Crippen LogP contribution in [0.1, 0.15) is 32.3 Å². The van der Waals surface area contributed by atoms with Gasteiger partial charge in [0.25, 0.3) is 0 Å². The van der Waals surface area contributed by atoms with Crippen LogP contribution in [0.25, 0.3) is 0 Å². The minimum Gasteiger partial charge on any atom is -0.397 e. The Balaban J connectivity index is 2.36. The second-order valence-corrected chi connectivity index (χ2v) is 4.98. The number of rotatable bonds is 3. The van der Waals surface area contributed by atoms with Gasteiger partial charge in [0, 0.05) is 25.2 Å². The summed E-state index contributed by atoms with van der Waals surface area (Å²) in [5.74, 6) is 0.0740. The number of nitrogen functional groups attached to an aromatic ring is 1. The van der Waals surface area contributed by atoms with Gasteiger partial charge < -0.3 is 16.0 Å². The number of aryl methyl sites for hydroxylation is 1. The van der Waals surface area contributed by atoms with Crippen molar-refractivity contribution in [2.45, 2.75) is 39.2 Å². The molecule has 0 aliphatic carbocycles. The summed E-state index contributed by atoms with van der Waals surface area (Å²) < 4.78 is 0. The van der Waals surface area contributed by atoms with Crippen molar-refractivity contribution >= 4 is 23.0 Å². The van der Waals surface area contributed by atoms with Crippen molar-refractivity contribution in [1.82, 2.24) is 0 Å². The Bertz CT molecular complexity index is 470. The number of anilines is 3. The summed E-state index contributed by atoms with van der Waals surface area (Å²) >= 11 is 0. The van der Waals surface area contributed by atoms with E-state index in [-0.39, 0.29) is 5.91 Å². The quantitative estimate of drug-likeness (QED) is 0.806. The number of hydrogen-bond donors (Lipinski definition) is 2. The van der Waals surface area contributed by atoms with E-state index in [0.717, 1.165) is 29.9 Å². The first-order chi connectivity index (χ1) is 8.52. The van der Waals surface area contributed by atoms with Gasteiger partial charge >= 0.3 is 0 Å². The molecule has 1 aliphatic heterocycles. The van der Waals surface area contributed by atoms with Gasteiger partial charge in [-0.3, -0.25) is 4.79 Å². The third kappa shape index (κ3) is 2.28. The zero-order chi connectivity index (χ0) is 13.3. The summed E-state index contributed by atoms with van der Waals surface area (Å²) in [5, 5.41) is 2.87.